The summed E-state index contributed by atoms with van der Waals surface area (Å²) in [7, 11) is 0. The quantitative estimate of drug-likeness (QED) is 0.183. The average Bonchev–Trinajstić information content (AvgIpc) is 3.62. The van der Waals surface area contributed by atoms with Gasteiger partial charge in [0, 0.05) is 16.2 Å². The maximum absolute atomic E-state index is 9.45. The molecule has 0 amide bonds. The van der Waals surface area contributed by atoms with Crippen LogP contribution in [0.2, 0.25) is 0 Å². The first-order valence-corrected chi connectivity index (χ1v) is 15.4. The van der Waals surface area contributed by atoms with Gasteiger partial charge in [0.1, 0.15) is 11.2 Å². The first-order chi connectivity index (χ1) is 27.1. The molecule has 1 heterocycles. The maximum atomic E-state index is 9.45. The third-order valence-corrected chi connectivity index (χ3v) is 9.17. The van der Waals surface area contributed by atoms with Gasteiger partial charge in [-0.05, 0) is 95.3 Å². The number of furan rings is 1. The molecule has 0 aliphatic heterocycles. The monoisotopic (exact) mass is 605 g/mol. The van der Waals surface area contributed by atoms with Crippen molar-refractivity contribution in [3.05, 3.63) is 170 Å². The Labute approximate surface area is 284 Å². The van der Waals surface area contributed by atoms with Crippen LogP contribution in [0.4, 0.5) is 0 Å². The maximum Gasteiger partial charge on any atom is 0.143 e. The van der Waals surface area contributed by atoms with Crippen LogP contribution in [0.1, 0.15) is 12.3 Å². The Morgan fingerprint density at radius 1 is 0.404 bits per heavy atom. The van der Waals surface area contributed by atoms with Gasteiger partial charge in [0.25, 0.3) is 0 Å². The topological polar surface area (TPSA) is 13.1 Å². The summed E-state index contributed by atoms with van der Waals surface area (Å²) in [5.41, 5.74) is 4.91. The lowest BCUT2D eigenvalue weighted by Gasteiger charge is -2.18. The molecule has 0 radical (unpaired) electrons. The van der Waals surface area contributed by atoms with Crippen molar-refractivity contribution in [1.29, 1.82) is 0 Å². The molecule has 0 aliphatic carbocycles. The molecule has 0 saturated heterocycles. The molecule has 0 unspecified atom stereocenters. The third-order valence-electron chi connectivity index (χ3n) is 9.17. The van der Waals surface area contributed by atoms with Gasteiger partial charge in [0.2, 0.25) is 0 Å². The Kier molecular flexibility index (Phi) is 4.05. The zero-order valence-corrected chi connectivity index (χ0v) is 24.9. The van der Waals surface area contributed by atoms with Gasteiger partial charge in [-0.2, -0.15) is 0 Å². The van der Waals surface area contributed by atoms with Crippen LogP contribution in [0.5, 0.6) is 0 Å². The zero-order valence-electron chi connectivity index (χ0n) is 33.9. The molecule has 218 valence electrons. The van der Waals surface area contributed by atoms with Crippen molar-refractivity contribution in [2.75, 3.05) is 0 Å². The van der Waals surface area contributed by atoms with Crippen LogP contribution in [0.25, 0.3) is 98.4 Å². The Balaban J connectivity index is 1.32. The van der Waals surface area contributed by atoms with Crippen LogP contribution in [0, 0.1) is 0 Å². The predicted octanol–water partition coefficient (Wildman–Crippen LogP) is 13.2. The van der Waals surface area contributed by atoms with Crippen molar-refractivity contribution < 1.29 is 16.8 Å². The van der Waals surface area contributed by atoms with E-state index in [4.69, 9.17) is 14.0 Å². The number of hydrogen-bond acceptors (Lipinski definition) is 1. The molecule has 0 atom stereocenters. The van der Waals surface area contributed by atoms with Crippen LogP contribution in [-0.4, -0.2) is 0 Å². The van der Waals surface area contributed by atoms with Gasteiger partial charge in [-0.15, -0.1) is 0 Å². The van der Waals surface area contributed by atoms with E-state index in [1.807, 2.05) is 66.7 Å². The Bertz CT molecular complexity index is 3300. The number of benzene rings is 9. The summed E-state index contributed by atoms with van der Waals surface area (Å²) in [4.78, 5) is 0. The van der Waals surface area contributed by atoms with E-state index in [2.05, 4.69) is 48.5 Å². The van der Waals surface area contributed by atoms with Crippen LogP contribution >= 0.6 is 0 Å². The van der Waals surface area contributed by atoms with Gasteiger partial charge in [-0.25, -0.2) is 0 Å². The predicted molar refractivity (Wildman–Crippen MR) is 200 cm³/mol. The van der Waals surface area contributed by atoms with Gasteiger partial charge < -0.3 is 4.42 Å². The Morgan fingerprint density at radius 2 is 1.04 bits per heavy atom. The minimum atomic E-state index is -0.531. The summed E-state index contributed by atoms with van der Waals surface area (Å²) in [6, 6.07) is 35.1. The molecule has 10 rings (SSSR count). The molecule has 1 nitrogen and oxygen atoms in total. The molecule has 0 fully saturated rings. The van der Waals surface area contributed by atoms with E-state index >= 15 is 0 Å². The third kappa shape index (κ3) is 3.97. The van der Waals surface area contributed by atoms with Crippen LogP contribution < -0.4 is 0 Å². The highest BCUT2D eigenvalue weighted by Crippen LogP contribution is 2.47. The molecule has 0 aliphatic rings. The molecule has 1 aromatic heterocycles. The van der Waals surface area contributed by atoms with Crippen LogP contribution in [0.3, 0.4) is 0 Å². The largest absolute Gasteiger partial charge is 0.455 e. The van der Waals surface area contributed by atoms with Crippen LogP contribution in [0.15, 0.2) is 174 Å². The minimum Gasteiger partial charge on any atom is -0.455 e. The minimum absolute atomic E-state index is 0.0566. The highest BCUT2D eigenvalue weighted by Gasteiger charge is 2.21. The molecule has 0 spiro atoms. The van der Waals surface area contributed by atoms with E-state index in [1.165, 1.54) is 0 Å². The SMILES string of the molecule is [2H]c1c([2H])c(-c2c3ccccc3c(-c3ccc4cc(-c5ccccc5)ccc4c3)c3ccccc23)c2c(oc3c4c([2H])c([2H])c([2H])c([2H])c4c([2H])c([2H])c32)c1[2H]. The highest BCUT2D eigenvalue weighted by atomic mass is 16.3. The van der Waals surface area contributed by atoms with Gasteiger partial charge in [-0.3, -0.25) is 0 Å². The van der Waals surface area contributed by atoms with Gasteiger partial charge in [-0.1, -0.05) is 145 Å². The van der Waals surface area contributed by atoms with E-state index in [1.54, 1.807) is 0 Å². The fraction of sp³-hybridized carbons (Fsp3) is 0. The number of rotatable bonds is 3. The van der Waals surface area contributed by atoms with E-state index in [0.29, 0.717) is 5.56 Å². The van der Waals surface area contributed by atoms with Crippen molar-refractivity contribution in [1.82, 2.24) is 0 Å². The van der Waals surface area contributed by atoms with Crippen molar-refractivity contribution in [2.24, 2.45) is 0 Å². The van der Waals surface area contributed by atoms with E-state index < -0.39 is 36.3 Å². The molecule has 10 aromatic rings. The summed E-state index contributed by atoms with van der Waals surface area (Å²) < 4.78 is 86.0. The van der Waals surface area contributed by atoms with Crippen molar-refractivity contribution in [3.8, 4) is 33.4 Å². The lowest BCUT2D eigenvalue weighted by atomic mass is 9.84. The summed E-state index contributed by atoms with van der Waals surface area (Å²) in [6.45, 7) is 0. The van der Waals surface area contributed by atoms with Gasteiger partial charge in [0.05, 0.1) is 12.3 Å². The number of fused-ring (bicyclic) bond motifs is 8. The zero-order chi connectivity index (χ0) is 38.7. The second-order valence-electron chi connectivity index (χ2n) is 11.7. The van der Waals surface area contributed by atoms with Gasteiger partial charge >= 0.3 is 0 Å². The molecule has 0 saturated carbocycles. The molecule has 0 N–H and O–H groups in total. The molecule has 1 heteroatoms. The molecular weight excluding hydrogens is 569 g/mol. The van der Waals surface area contributed by atoms with Crippen molar-refractivity contribution in [3.63, 3.8) is 0 Å². The van der Waals surface area contributed by atoms with Gasteiger partial charge in [0.15, 0.2) is 0 Å². The smallest absolute Gasteiger partial charge is 0.143 e. The first-order valence-electron chi connectivity index (χ1n) is 19.9. The highest BCUT2D eigenvalue weighted by molar-refractivity contribution is 6.27. The summed E-state index contributed by atoms with van der Waals surface area (Å²) in [5.74, 6) is 0. The average molecular weight is 606 g/mol. The normalized spacial score (nSPS) is 14.5. The first kappa shape index (κ1) is 18.7. The molecule has 47 heavy (non-hydrogen) atoms. The second-order valence-corrected chi connectivity index (χ2v) is 11.7. The lowest BCUT2D eigenvalue weighted by Crippen LogP contribution is -1.91. The summed E-state index contributed by atoms with van der Waals surface area (Å²) >= 11 is 0. The number of hydrogen-bond donors (Lipinski definition) is 0. The van der Waals surface area contributed by atoms with E-state index in [9.17, 15) is 2.74 Å². The summed E-state index contributed by atoms with van der Waals surface area (Å²) in [6.07, 6.45) is 0. The Morgan fingerprint density at radius 3 is 1.79 bits per heavy atom. The fourth-order valence-electron chi connectivity index (χ4n) is 7.08. The second kappa shape index (κ2) is 10.2. The van der Waals surface area contributed by atoms with Crippen molar-refractivity contribution >= 4 is 65.0 Å². The van der Waals surface area contributed by atoms with E-state index in [-0.39, 0.29) is 56.4 Å². The van der Waals surface area contributed by atoms with Crippen LogP contribution in [-0.2, 0) is 0 Å². The standard InChI is InChI=1S/C46H28O/c1-2-11-29(12-3-1)31-21-22-33-28-34(24-23-32(33)27-31)43-36-15-6-8-17-38(36)44(39-18-9-7-16-37(39)43)40-19-10-20-42-45(40)41-26-25-30-13-4-5-14-35(30)46(41)47-42/h1-28H/i4D,5D,10D,13D,14D,19D,20D,25D,26D. The van der Waals surface area contributed by atoms with Crippen molar-refractivity contribution in [2.45, 2.75) is 0 Å². The summed E-state index contributed by atoms with van der Waals surface area (Å²) in [5, 5.41) is 5.47. The molecular formula is C46H28O. The molecule has 0 bridgehead atoms. The fourth-order valence-corrected chi connectivity index (χ4v) is 7.08. The van der Waals surface area contributed by atoms with E-state index in [0.717, 1.165) is 54.6 Å². The Hall–Kier alpha value is -6.18. The molecule has 9 aromatic carbocycles. The lowest BCUT2D eigenvalue weighted by molar-refractivity contribution is 0.673.